The van der Waals surface area contributed by atoms with E-state index >= 15 is 0 Å². The predicted molar refractivity (Wildman–Crippen MR) is 89.9 cm³/mol. The number of hydrogen-bond acceptors (Lipinski definition) is 5. The van der Waals surface area contributed by atoms with E-state index in [1.807, 2.05) is 6.20 Å². The first-order valence-corrected chi connectivity index (χ1v) is 8.75. The quantitative estimate of drug-likeness (QED) is 0.904. The number of anilines is 2. The molecule has 2 aliphatic heterocycles. The molecule has 1 N–H and O–H groups in total. The van der Waals surface area contributed by atoms with Gasteiger partial charge in [-0.2, -0.15) is 4.98 Å². The van der Waals surface area contributed by atoms with E-state index in [9.17, 15) is 0 Å². The lowest BCUT2D eigenvalue weighted by Gasteiger charge is -2.48. The molecule has 3 rings (SSSR count). The van der Waals surface area contributed by atoms with Gasteiger partial charge in [-0.15, -0.1) is 0 Å². The number of nitrogens with one attached hydrogen (secondary N) is 1. The number of aromatic nitrogens is 2. The topological polar surface area (TPSA) is 44.3 Å². The summed E-state index contributed by atoms with van der Waals surface area (Å²) in [5.41, 5.74) is 0. The van der Waals surface area contributed by atoms with Crippen LogP contribution in [0, 0.1) is 0 Å². The maximum Gasteiger partial charge on any atom is 0.224 e. The Morgan fingerprint density at radius 3 is 3.05 bits per heavy atom. The van der Waals surface area contributed by atoms with Crippen molar-refractivity contribution in [3.63, 3.8) is 0 Å². The van der Waals surface area contributed by atoms with Crippen LogP contribution in [0.3, 0.4) is 0 Å². The van der Waals surface area contributed by atoms with Crippen molar-refractivity contribution in [2.45, 2.75) is 45.2 Å². The summed E-state index contributed by atoms with van der Waals surface area (Å²) >= 11 is 3.62. The molecule has 0 amide bonds. The summed E-state index contributed by atoms with van der Waals surface area (Å²) in [6.07, 6.45) is 5.88. The van der Waals surface area contributed by atoms with Crippen LogP contribution < -0.4 is 10.2 Å². The zero-order valence-corrected chi connectivity index (χ0v) is 14.4. The Morgan fingerprint density at radius 1 is 1.38 bits per heavy atom. The summed E-state index contributed by atoms with van der Waals surface area (Å²) < 4.78 is 0.986. The minimum Gasteiger partial charge on any atom is -0.354 e. The van der Waals surface area contributed by atoms with Crippen LogP contribution in [0.2, 0.25) is 0 Å². The van der Waals surface area contributed by atoms with Crippen LogP contribution in [0.25, 0.3) is 0 Å². The van der Waals surface area contributed by atoms with Crippen molar-refractivity contribution in [3.05, 3.63) is 10.7 Å². The highest BCUT2D eigenvalue weighted by Gasteiger charge is 2.34. The van der Waals surface area contributed by atoms with Gasteiger partial charge in [0, 0.05) is 37.9 Å². The Labute approximate surface area is 135 Å². The molecule has 2 fully saturated rings. The zero-order chi connectivity index (χ0) is 14.8. The van der Waals surface area contributed by atoms with E-state index in [0.717, 1.165) is 29.9 Å². The highest BCUT2D eigenvalue weighted by atomic mass is 79.9. The molecular weight excluding hydrogens is 330 g/mol. The Morgan fingerprint density at radius 2 is 2.24 bits per heavy atom. The lowest BCUT2D eigenvalue weighted by atomic mass is 9.97. The first kappa shape index (κ1) is 15.0. The van der Waals surface area contributed by atoms with Crippen molar-refractivity contribution in [2.24, 2.45) is 0 Å². The van der Waals surface area contributed by atoms with Gasteiger partial charge >= 0.3 is 0 Å². The smallest absolute Gasteiger partial charge is 0.224 e. The van der Waals surface area contributed by atoms with Gasteiger partial charge in [-0.25, -0.2) is 4.98 Å². The van der Waals surface area contributed by atoms with Gasteiger partial charge < -0.3 is 10.2 Å². The van der Waals surface area contributed by atoms with Crippen molar-refractivity contribution < 1.29 is 0 Å². The molecule has 2 saturated heterocycles. The third kappa shape index (κ3) is 3.16. The maximum absolute atomic E-state index is 4.71. The lowest BCUT2D eigenvalue weighted by molar-refractivity contribution is 0.115. The summed E-state index contributed by atoms with van der Waals surface area (Å²) in [5.74, 6) is 1.74. The molecule has 1 aromatic heterocycles. The molecule has 0 aliphatic carbocycles. The fraction of sp³-hybridized carbons (Fsp3) is 0.733. The van der Waals surface area contributed by atoms with E-state index in [4.69, 9.17) is 4.98 Å². The third-order valence-corrected chi connectivity index (χ3v) is 5.08. The van der Waals surface area contributed by atoms with Crippen molar-refractivity contribution in [2.75, 3.05) is 36.4 Å². The average Bonchev–Trinajstić information content (AvgIpc) is 2.49. The van der Waals surface area contributed by atoms with E-state index < -0.39 is 0 Å². The molecule has 0 saturated carbocycles. The Kier molecular flexibility index (Phi) is 4.64. The van der Waals surface area contributed by atoms with Gasteiger partial charge in [0.05, 0.1) is 4.47 Å². The fourth-order valence-electron chi connectivity index (χ4n) is 3.45. The third-order valence-electron chi connectivity index (χ3n) is 4.52. The van der Waals surface area contributed by atoms with Crippen LogP contribution in [-0.2, 0) is 0 Å². The number of hydrogen-bond donors (Lipinski definition) is 1. The number of nitrogens with zero attached hydrogens (tertiary/aromatic N) is 4. The number of halogens is 1. The Bertz CT molecular complexity index is 495. The number of rotatable bonds is 3. The molecule has 0 bridgehead atoms. The van der Waals surface area contributed by atoms with Crippen LogP contribution >= 0.6 is 15.9 Å². The van der Waals surface area contributed by atoms with Gasteiger partial charge in [-0.3, -0.25) is 4.90 Å². The maximum atomic E-state index is 4.71. The standard InChI is InChI=1S/C15H24BrN5/c1-3-17-15-18-8-13(16)14(19-15)21-10-12-6-4-5-7-20(12)9-11(21)2/h8,11-12H,3-7,9-10H2,1-2H3,(H,17,18,19). The van der Waals surface area contributed by atoms with Crippen LogP contribution in [-0.4, -0.2) is 53.1 Å². The number of piperazine rings is 1. The molecule has 0 aromatic carbocycles. The summed E-state index contributed by atoms with van der Waals surface area (Å²) in [5, 5.41) is 3.21. The van der Waals surface area contributed by atoms with Gasteiger partial charge in [0.2, 0.25) is 5.95 Å². The van der Waals surface area contributed by atoms with E-state index in [1.165, 1.54) is 25.8 Å². The zero-order valence-electron chi connectivity index (χ0n) is 12.8. The molecule has 2 atom stereocenters. The molecule has 6 heteroatoms. The molecule has 0 radical (unpaired) electrons. The van der Waals surface area contributed by atoms with E-state index in [1.54, 1.807) is 0 Å². The van der Waals surface area contributed by atoms with Gasteiger partial charge in [0.25, 0.3) is 0 Å². The van der Waals surface area contributed by atoms with Crippen molar-refractivity contribution in [1.29, 1.82) is 0 Å². The largest absolute Gasteiger partial charge is 0.354 e. The second kappa shape index (κ2) is 6.48. The monoisotopic (exact) mass is 353 g/mol. The molecule has 3 heterocycles. The van der Waals surface area contributed by atoms with Crippen LogP contribution in [0.1, 0.15) is 33.1 Å². The normalized spacial score (nSPS) is 26.5. The number of fused-ring (bicyclic) bond motifs is 1. The first-order chi connectivity index (χ1) is 10.2. The SMILES string of the molecule is CCNc1ncc(Br)c(N2CC3CCCCN3CC2C)n1. The summed E-state index contributed by atoms with van der Waals surface area (Å²) in [6.45, 7) is 8.67. The van der Waals surface area contributed by atoms with Gasteiger partial charge in [0.15, 0.2) is 0 Å². The lowest BCUT2D eigenvalue weighted by Crippen LogP contribution is -2.59. The van der Waals surface area contributed by atoms with Crippen LogP contribution in [0.4, 0.5) is 11.8 Å². The fourth-order valence-corrected chi connectivity index (χ4v) is 3.87. The molecule has 1 aromatic rings. The van der Waals surface area contributed by atoms with Gasteiger partial charge in [-0.05, 0) is 49.2 Å². The van der Waals surface area contributed by atoms with E-state index in [0.29, 0.717) is 18.0 Å². The summed E-state index contributed by atoms with van der Waals surface area (Å²) in [7, 11) is 0. The predicted octanol–water partition coefficient (Wildman–Crippen LogP) is 2.73. The highest BCUT2D eigenvalue weighted by molar-refractivity contribution is 9.10. The highest BCUT2D eigenvalue weighted by Crippen LogP contribution is 2.31. The van der Waals surface area contributed by atoms with Crippen LogP contribution in [0.5, 0.6) is 0 Å². The summed E-state index contributed by atoms with van der Waals surface area (Å²) in [6, 6.07) is 1.17. The van der Waals surface area contributed by atoms with Crippen LogP contribution in [0.15, 0.2) is 10.7 Å². The van der Waals surface area contributed by atoms with E-state index in [-0.39, 0.29) is 0 Å². The van der Waals surface area contributed by atoms with Gasteiger partial charge in [0.1, 0.15) is 5.82 Å². The Balaban J connectivity index is 1.83. The van der Waals surface area contributed by atoms with Crippen molar-refractivity contribution >= 4 is 27.7 Å². The van der Waals surface area contributed by atoms with Gasteiger partial charge in [-0.1, -0.05) is 6.42 Å². The first-order valence-electron chi connectivity index (χ1n) is 7.96. The second-order valence-electron chi connectivity index (χ2n) is 6.04. The molecule has 116 valence electrons. The summed E-state index contributed by atoms with van der Waals surface area (Å²) in [4.78, 5) is 14.1. The van der Waals surface area contributed by atoms with E-state index in [2.05, 4.69) is 49.9 Å². The Hall–Kier alpha value is -0.880. The van der Waals surface area contributed by atoms with Crippen molar-refractivity contribution in [1.82, 2.24) is 14.9 Å². The second-order valence-corrected chi connectivity index (χ2v) is 6.90. The molecule has 21 heavy (non-hydrogen) atoms. The molecule has 0 spiro atoms. The minimum absolute atomic E-state index is 0.486. The van der Waals surface area contributed by atoms with Crippen molar-refractivity contribution in [3.8, 4) is 0 Å². The minimum atomic E-state index is 0.486. The molecule has 2 unspecified atom stereocenters. The molecule has 5 nitrogen and oxygen atoms in total. The average molecular weight is 354 g/mol. The molecule has 2 aliphatic rings. The molecular formula is C15H24BrN5. The number of piperidine rings is 1.